The molecule has 0 amide bonds. The van der Waals surface area contributed by atoms with Crippen LogP contribution in [0.3, 0.4) is 0 Å². The lowest BCUT2D eigenvalue weighted by Crippen LogP contribution is -2.19. The van der Waals surface area contributed by atoms with E-state index in [0.29, 0.717) is 11.3 Å². The van der Waals surface area contributed by atoms with Crippen molar-refractivity contribution in [2.45, 2.75) is 101 Å². The van der Waals surface area contributed by atoms with E-state index in [1.54, 1.807) is 5.57 Å². The first kappa shape index (κ1) is 33.3. The van der Waals surface area contributed by atoms with Crippen molar-refractivity contribution in [3.8, 4) is 0 Å². The molecule has 0 saturated carbocycles. The molecule has 0 bridgehead atoms. The van der Waals surface area contributed by atoms with Gasteiger partial charge in [-0.3, -0.25) is 0 Å². The van der Waals surface area contributed by atoms with Gasteiger partial charge < -0.3 is 0 Å². The van der Waals surface area contributed by atoms with Gasteiger partial charge in [-0.1, -0.05) is 148 Å². The molecule has 1 atom stereocenters. The Hall–Kier alpha value is -2.86. The molecule has 0 aromatic heterocycles. The van der Waals surface area contributed by atoms with E-state index in [1.807, 2.05) is 0 Å². The normalized spacial score (nSPS) is 21.9. The van der Waals surface area contributed by atoms with E-state index in [2.05, 4.69) is 160 Å². The van der Waals surface area contributed by atoms with Crippen LogP contribution in [0.15, 0.2) is 130 Å². The number of hydrogen-bond acceptors (Lipinski definition) is 0. The molecule has 2 aliphatic carbocycles. The summed E-state index contributed by atoms with van der Waals surface area (Å²) >= 11 is 0. The van der Waals surface area contributed by atoms with Crippen molar-refractivity contribution in [1.82, 2.24) is 0 Å². The second-order valence-electron chi connectivity index (χ2n) is 13.3. The predicted molar refractivity (Wildman–Crippen MR) is 181 cm³/mol. The predicted octanol–water partition coefficient (Wildman–Crippen LogP) is 12.5. The highest BCUT2D eigenvalue weighted by Gasteiger charge is 2.26. The molecule has 0 fully saturated rings. The largest absolute Gasteiger partial charge is 0.0837 e. The second-order valence-corrected chi connectivity index (χ2v) is 13.3. The fourth-order valence-corrected chi connectivity index (χ4v) is 5.59. The number of rotatable bonds is 11. The molecule has 2 aliphatic rings. The van der Waals surface area contributed by atoms with Gasteiger partial charge in [-0.15, -0.1) is 0 Å². The van der Waals surface area contributed by atoms with Gasteiger partial charge in [0.1, 0.15) is 0 Å². The minimum absolute atomic E-state index is 0.232. The first-order valence-corrected chi connectivity index (χ1v) is 15.3. The van der Waals surface area contributed by atoms with Crippen LogP contribution < -0.4 is 0 Å². The summed E-state index contributed by atoms with van der Waals surface area (Å²) in [6, 6.07) is 0. The monoisotopic (exact) mass is 536 g/mol. The molecule has 0 spiro atoms. The minimum Gasteiger partial charge on any atom is -0.0837 e. The van der Waals surface area contributed by atoms with E-state index in [0.717, 1.165) is 12.8 Å². The van der Waals surface area contributed by atoms with Crippen LogP contribution in [0.4, 0.5) is 0 Å². The molecule has 0 aromatic carbocycles. The van der Waals surface area contributed by atoms with Crippen molar-refractivity contribution in [1.29, 1.82) is 0 Å². The smallest absolute Gasteiger partial charge is 0.00665 e. The Kier molecular flexibility index (Phi) is 13.2. The fourth-order valence-electron chi connectivity index (χ4n) is 5.59. The molecule has 0 saturated heterocycles. The summed E-state index contributed by atoms with van der Waals surface area (Å²) in [5, 5.41) is 0. The summed E-state index contributed by atoms with van der Waals surface area (Å²) in [4.78, 5) is 0. The SMILES string of the molecule is CC1=C(/C=C/C(C)C/C=C/C(C)=C/C=C/C=C(C)/C=C/C=C(C)/C=C/C2=C(C)CCCC2(C)C)C(C)(C)CC=C1. The zero-order valence-corrected chi connectivity index (χ0v) is 27.3. The lowest BCUT2D eigenvalue weighted by atomic mass is 9.72. The Morgan fingerprint density at radius 2 is 1.43 bits per heavy atom. The highest BCUT2D eigenvalue weighted by atomic mass is 14.3. The highest BCUT2D eigenvalue weighted by molar-refractivity contribution is 5.40. The summed E-state index contributed by atoms with van der Waals surface area (Å²) in [5.74, 6) is 0.521. The van der Waals surface area contributed by atoms with Gasteiger partial charge in [0.25, 0.3) is 0 Å². The molecule has 1 unspecified atom stereocenters. The van der Waals surface area contributed by atoms with Crippen molar-refractivity contribution in [2.24, 2.45) is 16.7 Å². The van der Waals surface area contributed by atoms with Crippen LogP contribution in [0.25, 0.3) is 0 Å². The van der Waals surface area contributed by atoms with E-state index in [-0.39, 0.29) is 5.41 Å². The maximum atomic E-state index is 2.37. The topological polar surface area (TPSA) is 0 Å². The van der Waals surface area contributed by atoms with E-state index in [4.69, 9.17) is 0 Å². The van der Waals surface area contributed by atoms with E-state index in [9.17, 15) is 0 Å². The molecule has 0 radical (unpaired) electrons. The van der Waals surface area contributed by atoms with Crippen molar-refractivity contribution >= 4 is 0 Å². The number of hydrogen-bond donors (Lipinski definition) is 0. The molecule has 0 N–H and O–H groups in total. The Labute approximate surface area is 247 Å². The lowest BCUT2D eigenvalue weighted by Gasteiger charge is -2.32. The molecular weight excluding hydrogens is 480 g/mol. The van der Waals surface area contributed by atoms with Gasteiger partial charge in [0.05, 0.1) is 0 Å². The Bertz CT molecular complexity index is 1200. The van der Waals surface area contributed by atoms with E-state index < -0.39 is 0 Å². The highest BCUT2D eigenvalue weighted by Crippen LogP contribution is 2.41. The molecular formula is C40H56. The first-order chi connectivity index (χ1) is 18.8. The van der Waals surface area contributed by atoms with Crippen LogP contribution in [-0.4, -0.2) is 0 Å². The summed E-state index contributed by atoms with van der Waals surface area (Å²) in [5.41, 5.74) is 10.2. The van der Waals surface area contributed by atoms with Crippen molar-refractivity contribution in [3.05, 3.63) is 130 Å². The third-order valence-corrected chi connectivity index (χ3v) is 8.23. The average molecular weight is 537 g/mol. The minimum atomic E-state index is 0.232. The fraction of sp³-hybridized carbons (Fsp3) is 0.450. The Morgan fingerprint density at radius 3 is 2.08 bits per heavy atom. The van der Waals surface area contributed by atoms with Gasteiger partial charge in [-0.25, -0.2) is 0 Å². The van der Waals surface area contributed by atoms with Crippen molar-refractivity contribution in [3.63, 3.8) is 0 Å². The molecule has 0 aliphatic heterocycles. The molecule has 0 heterocycles. The first-order valence-electron chi connectivity index (χ1n) is 15.3. The van der Waals surface area contributed by atoms with Crippen LogP contribution in [0, 0.1) is 16.7 Å². The van der Waals surface area contributed by atoms with Crippen molar-refractivity contribution in [2.75, 3.05) is 0 Å². The molecule has 40 heavy (non-hydrogen) atoms. The third-order valence-electron chi connectivity index (χ3n) is 8.23. The van der Waals surface area contributed by atoms with Crippen LogP contribution in [0.5, 0.6) is 0 Å². The standard InChI is InChI=1S/C40H56/c1-31(19-13-21-33(3)25-27-37-35(5)23-15-29-39(37,7)8)17-11-12-18-32(2)20-14-22-34(4)26-28-38-36(6)24-16-30-40(38,9)10/h11-15,17-20,22-23,25-28,33H,16,21,24,29-30H2,1-10H3/b12-11+,19-13+,20-14+,27-25+,28-26+,31-17+,32-18+,34-22+. The zero-order valence-electron chi connectivity index (χ0n) is 27.3. The molecule has 0 heteroatoms. The average Bonchev–Trinajstić information content (AvgIpc) is 2.85. The zero-order chi connectivity index (χ0) is 29.8. The molecule has 2 rings (SSSR count). The summed E-state index contributed by atoms with van der Waals surface area (Å²) in [7, 11) is 0. The summed E-state index contributed by atoms with van der Waals surface area (Å²) < 4.78 is 0. The van der Waals surface area contributed by atoms with Gasteiger partial charge in [0, 0.05) is 0 Å². The third kappa shape index (κ3) is 11.3. The summed E-state index contributed by atoms with van der Waals surface area (Å²) in [6.07, 6.45) is 39.5. The van der Waals surface area contributed by atoms with Gasteiger partial charge in [-0.05, 0) is 100 Å². The molecule has 0 nitrogen and oxygen atoms in total. The van der Waals surface area contributed by atoms with E-state index >= 15 is 0 Å². The van der Waals surface area contributed by atoms with Gasteiger partial charge in [0.15, 0.2) is 0 Å². The quantitative estimate of drug-likeness (QED) is 0.230. The maximum Gasteiger partial charge on any atom is -0.00665 e. The van der Waals surface area contributed by atoms with Crippen molar-refractivity contribution < 1.29 is 0 Å². The molecule has 216 valence electrons. The van der Waals surface area contributed by atoms with E-state index in [1.165, 1.54) is 52.7 Å². The van der Waals surface area contributed by atoms with Gasteiger partial charge in [-0.2, -0.15) is 0 Å². The lowest BCUT2D eigenvalue weighted by molar-refractivity contribution is 0.377. The van der Waals surface area contributed by atoms with Crippen LogP contribution in [0.1, 0.15) is 101 Å². The van der Waals surface area contributed by atoms with Crippen LogP contribution >= 0.6 is 0 Å². The maximum absolute atomic E-state index is 2.37. The number of allylic oxidation sites excluding steroid dienone is 22. The Balaban J connectivity index is 1.84. The van der Waals surface area contributed by atoms with Crippen LogP contribution in [0.2, 0.25) is 0 Å². The molecule has 0 aromatic rings. The second kappa shape index (κ2) is 15.8. The Morgan fingerprint density at radius 1 is 0.800 bits per heavy atom. The van der Waals surface area contributed by atoms with Gasteiger partial charge in [0.2, 0.25) is 0 Å². The van der Waals surface area contributed by atoms with Crippen LogP contribution in [-0.2, 0) is 0 Å². The summed E-state index contributed by atoms with van der Waals surface area (Å²) in [6.45, 7) is 22.7. The van der Waals surface area contributed by atoms with Gasteiger partial charge >= 0.3 is 0 Å².